The van der Waals surface area contributed by atoms with Crippen LogP contribution in [0.2, 0.25) is 0 Å². The van der Waals surface area contributed by atoms with Gasteiger partial charge >= 0.3 is 6.01 Å². The summed E-state index contributed by atoms with van der Waals surface area (Å²) in [6, 6.07) is 15.2. The van der Waals surface area contributed by atoms with Crippen LogP contribution in [0.4, 0.5) is 5.69 Å². The van der Waals surface area contributed by atoms with Gasteiger partial charge in [-0.05, 0) is 36.6 Å². The first-order valence-electron chi connectivity index (χ1n) is 9.83. The van der Waals surface area contributed by atoms with Crippen molar-refractivity contribution in [2.24, 2.45) is 7.05 Å². The van der Waals surface area contributed by atoms with Crippen LogP contribution in [0.15, 0.2) is 66.3 Å². The first kappa shape index (κ1) is 19.8. The highest BCUT2D eigenvalue weighted by Crippen LogP contribution is 2.29. The molecule has 0 aliphatic rings. The summed E-state index contributed by atoms with van der Waals surface area (Å²) in [6.07, 6.45) is 3.02. The van der Waals surface area contributed by atoms with Gasteiger partial charge in [0.2, 0.25) is 0 Å². The number of aromatic nitrogens is 5. The first-order valence-corrected chi connectivity index (χ1v) is 10.7. The van der Waals surface area contributed by atoms with Crippen LogP contribution in [-0.4, -0.2) is 30.6 Å². The second kappa shape index (κ2) is 8.20. The topological polar surface area (TPSA) is 94.8 Å². The van der Waals surface area contributed by atoms with Gasteiger partial charge in [0.25, 0.3) is 5.91 Å². The number of carbonyl (C=O) groups is 1. The lowest BCUT2D eigenvalue weighted by atomic mass is 10.1. The Kier molecular flexibility index (Phi) is 5.08. The van der Waals surface area contributed by atoms with E-state index in [4.69, 9.17) is 9.72 Å². The number of para-hydroxylation sites is 1. The normalized spacial score (nSPS) is 10.9. The average molecular weight is 443 g/mol. The molecule has 1 amide bonds. The lowest BCUT2D eigenvalue weighted by Gasteiger charge is -2.09. The Morgan fingerprint density at radius 1 is 1.09 bits per heavy atom. The van der Waals surface area contributed by atoms with Crippen LogP contribution in [0.3, 0.4) is 0 Å². The van der Waals surface area contributed by atoms with Crippen LogP contribution in [0.1, 0.15) is 16.1 Å². The number of fused-ring (bicyclic) bond motifs is 1. The minimum Gasteiger partial charge on any atom is -0.424 e. The number of nitrogens with one attached hydrogen (secondary N) is 1. The van der Waals surface area contributed by atoms with E-state index in [0.29, 0.717) is 22.6 Å². The summed E-state index contributed by atoms with van der Waals surface area (Å²) in [5, 5.41) is 10.0. The molecule has 0 saturated heterocycles. The molecule has 4 heterocycles. The maximum absolute atomic E-state index is 13.2. The third-order valence-electron chi connectivity index (χ3n) is 4.83. The molecule has 158 valence electrons. The van der Waals surface area contributed by atoms with Gasteiger partial charge in [0, 0.05) is 7.05 Å². The summed E-state index contributed by atoms with van der Waals surface area (Å²) in [4.78, 5) is 27.3. The number of anilines is 1. The number of rotatable bonds is 5. The van der Waals surface area contributed by atoms with Gasteiger partial charge in [-0.15, -0.1) is 11.3 Å². The molecule has 0 unspecified atom stereocenters. The zero-order valence-electron chi connectivity index (χ0n) is 17.3. The number of aryl methyl sites for hydroxylation is 2. The Bertz CT molecular complexity index is 1400. The first-order chi connectivity index (χ1) is 15.6. The van der Waals surface area contributed by atoms with Crippen LogP contribution < -0.4 is 10.1 Å². The van der Waals surface area contributed by atoms with Gasteiger partial charge in [0.15, 0.2) is 5.65 Å². The van der Waals surface area contributed by atoms with E-state index in [0.717, 1.165) is 21.7 Å². The molecule has 8 nitrogen and oxygen atoms in total. The van der Waals surface area contributed by atoms with E-state index in [2.05, 4.69) is 20.4 Å². The summed E-state index contributed by atoms with van der Waals surface area (Å²) in [7, 11) is 1.82. The second-order valence-corrected chi connectivity index (χ2v) is 8.01. The molecule has 5 aromatic rings. The van der Waals surface area contributed by atoms with Crippen LogP contribution in [-0.2, 0) is 7.05 Å². The van der Waals surface area contributed by atoms with E-state index >= 15 is 0 Å². The highest BCUT2D eigenvalue weighted by molar-refractivity contribution is 7.13. The summed E-state index contributed by atoms with van der Waals surface area (Å²) in [5.41, 5.74) is 3.07. The third kappa shape index (κ3) is 3.81. The van der Waals surface area contributed by atoms with E-state index in [9.17, 15) is 4.79 Å². The molecule has 0 saturated carbocycles. The van der Waals surface area contributed by atoms with Crippen LogP contribution in [0, 0.1) is 6.92 Å². The second-order valence-electron chi connectivity index (χ2n) is 7.06. The minimum atomic E-state index is -0.286. The maximum atomic E-state index is 13.2. The lowest BCUT2D eigenvalue weighted by Crippen LogP contribution is -2.14. The molecule has 0 radical (unpaired) electrons. The van der Waals surface area contributed by atoms with Gasteiger partial charge in [0.1, 0.15) is 5.75 Å². The number of pyridine rings is 1. The van der Waals surface area contributed by atoms with Crippen molar-refractivity contribution in [2.45, 2.75) is 6.92 Å². The van der Waals surface area contributed by atoms with Crippen LogP contribution in [0.25, 0.3) is 21.6 Å². The van der Waals surface area contributed by atoms with Crippen molar-refractivity contribution in [1.29, 1.82) is 0 Å². The van der Waals surface area contributed by atoms with Crippen molar-refractivity contribution >= 4 is 34.0 Å². The molecule has 4 aromatic heterocycles. The van der Waals surface area contributed by atoms with Crippen molar-refractivity contribution in [3.05, 3.63) is 77.6 Å². The highest BCUT2D eigenvalue weighted by atomic mass is 32.1. The van der Waals surface area contributed by atoms with Crippen LogP contribution in [0.5, 0.6) is 11.8 Å². The quantitative estimate of drug-likeness (QED) is 0.419. The number of hydrogen-bond acceptors (Lipinski definition) is 7. The Morgan fingerprint density at radius 2 is 1.88 bits per heavy atom. The van der Waals surface area contributed by atoms with Crippen molar-refractivity contribution in [3.8, 4) is 22.3 Å². The Balaban J connectivity index is 1.44. The number of ether oxygens (including phenoxy) is 1. The summed E-state index contributed by atoms with van der Waals surface area (Å²) in [5.74, 6) is 0.350. The highest BCUT2D eigenvalue weighted by Gasteiger charge is 2.20. The zero-order valence-corrected chi connectivity index (χ0v) is 18.1. The smallest absolute Gasteiger partial charge is 0.322 e. The summed E-state index contributed by atoms with van der Waals surface area (Å²) < 4.78 is 7.29. The predicted molar refractivity (Wildman–Crippen MR) is 123 cm³/mol. The maximum Gasteiger partial charge on any atom is 0.322 e. The van der Waals surface area contributed by atoms with Crippen molar-refractivity contribution in [3.63, 3.8) is 0 Å². The zero-order chi connectivity index (χ0) is 22.1. The number of nitrogens with zero attached hydrogens (tertiary/aromatic N) is 5. The molecule has 1 aromatic carbocycles. The van der Waals surface area contributed by atoms with Crippen molar-refractivity contribution in [2.75, 3.05) is 5.32 Å². The van der Waals surface area contributed by atoms with Gasteiger partial charge < -0.3 is 10.1 Å². The fourth-order valence-corrected chi connectivity index (χ4v) is 4.09. The molecule has 0 aliphatic heterocycles. The van der Waals surface area contributed by atoms with Crippen molar-refractivity contribution < 1.29 is 9.53 Å². The monoisotopic (exact) mass is 442 g/mol. The molecule has 0 aliphatic carbocycles. The molecule has 1 N–H and O–H groups in total. The molecule has 0 atom stereocenters. The lowest BCUT2D eigenvalue weighted by molar-refractivity contribution is 0.102. The van der Waals surface area contributed by atoms with Gasteiger partial charge in [0.05, 0.1) is 45.3 Å². The average Bonchev–Trinajstić information content (AvgIpc) is 3.44. The number of thiophene rings is 1. The van der Waals surface area contributed by atoms with Crippen molar-refractivity contribution in [1.82, 2.24) is 24.7 Å². The third-order valence-corrected chi connectivity index (χ3v) is 5.72. The Morgan fingerprint density at radius 3 is 2.59 bits per heavy atom. The molecule has 0 bridgehead atoms. The molecule has 0 fully saturated rings. The van der Waals surface area contributed by atoms with Gasteiger partial charge in [-0.1, -0.05) is 24.3 Å². The largest absolute Gasteiger partial charge is 0.424 e. The molecule has 0 spiro atoms. The molecular weight excluding hydrogens is 424 g/mol. The minimum absolute atomic E-state index is 0.198. The Labute approximate surface area is 187 Å². The van der Waals surface area contributed by atoms with Gasteiger partial charge in [-0.2, -0.15) is 5.10 Å². The molecule has 32 heavy (non-hydrogen) atoms. The number of benzene rings is 1. The van der Waals surface area contributed by atoms with Gasteiger partial charge in [-0.3, -0.25) is 9.48 Å². The number of amides is 1. The molecule has 5 rings (SSSR count). The molecule has 9 heteroatoms. The summed E-state index contributed by atoms with van der Waals surface area (Å²) in [6.45, 7) is 1.87. The summed E-state index contributed by atoms with van der Waals surface area (Å²) >= 11 is 1.57. The number of carbonyl (C=O) groups excluding carboxylic acids is 1. The van der Waals surface area contributed by atoms with Gasteiger partial charge in [-0.25, -0.2) is 15.0 Å². The van der Waals surface area contributed by atoms with E-state index < -0.39 is 0 Å². The Hall–Kier alpha value is -4.11. The molecular formula is C23H18N6O2S. The van der Waals surface area contributed by atoms with E-state index in [1.165, 1.54) is 12.4 Å². The van der Waals surface area contributed by atoms with Crippen LogP contribution >= 0.6 is 11.3 Å². The standard InChI is InChI=1S/C23H18N6O2S/c1-14-20-17(11-18(19-9-6-10-32-19)27-21(20)29(2)28-14)22(30)26-15-12-24-23(25-13-15)31-16-7-4-3-5-8-16/h3-13H,1-2H3,(H,26,30). The van der Waals surface area contributed by atoms with E-state index in [-0.39, 0.29) is 11.9 Å². The van der Waals surface area contributed by atoms with E-state index in [1.807, 2.05) is 61.8 Å². The number of hydrogen-bond donors (Lipinski definition) is 1. The fourth-order valence-electron chi connectivity index (χ4n) is 3.40. The fraction of sp³-hybridized carbons (Fsp3) is 0.0870. The van der Waals surface area contributed by atoms with E-state index in [1.54, 1.807) is 22.1 Å². The SMILES string of the molecule is Cc1nn(C)c2nc(-c3cccs3)cc(C(=O)Nc3cnc(Oc4ccccc4)nc3)c12. The predicted octanol–water partition coefficient (Wildman–Crippen LogP) is 4.84.